The van der Waals surface area contributed by atoms with Gasteiger partial charge in [-0.3, -0.25) is 4.79 Å². The van der Waals surface area contributed by atoms with Crippen molar-refractivity contribution >= 4 is 17.4 Å². The molecule has 0 spiro atoms. The van der Waals surface area contributed by atoms with Gasteiger partial charge in [0.2, 0.25) is 0 Å². The fourth-order valence-corrected chi connectivity index (χ4v) is 4.35. The Morgan fingerprint density at radius 1 is 0.865 bits per heavy atom. The fourth-order valence-electron chi connectivity index (χ4n) is 4.02. The van der Waals surface area contributed by atoms with Gasteiger partial charge in [0.25, 0.3) is 0 Å². The van der Waals surface area contributed by atoms with Crippen molar-refractivity contribution in [2.75, 3.05) is 20.8 Å². The normalized spacial score (nSPS) is 11.7. The summed E-state index contributed by atoms with van der Waals surface area (Å²) in [6, 6.07) is 19.3. The Bertz CT molecular complexity index is 1130. The summed E-state index contributed by atoms with van der Waals surface area (Å²) in [6.45, 7) is 5.40. The first kappa shape index (κ1) is 28.5. The summed E-state index contributed by atoms with van der Waals surface area (Å²) in [5.41, 5.74) is 3.47. The number of Topliss-reactive ketones (excluding diaryl/α,β-unsaturated/α-hetero) is 1. The van der Waals surface area contributed by atoms with Gasteiger partial charge in [-0.2, -0.15) is 0 Å². The highest BCUT2D eigenvalue weighted by Gasteiger charge is 2.22. The molecule has 0 aliphatic carbocycles. The summed E-state index contributed by atoms with van der Waals surface area (Å²) >= 11 is 6.82. The molecule has 0 saturated carbocycles. The van der Waals surface area contributed by atoms with E-state index in [9.17, 15) is 4.79 Å². The molecule has 198 valence electrons. The van der Waals surface area contributed by atoms with Crippen LogP contribution in [0.1, 0.15) is 60.2 Å². The van der Waals surface area contributed by atoms with Crippen molar-refractivity contribution in [1.29, 1.82) is 0 Å². The van der Waals surface area contributed by atoms with E-state index in [2.05, 4.69) is 6.92 Å². The molecule has 0 N–H and O–H groups in total. The van der Waals surface area contributed by atoms with Crippen molar-refractivity contribution in [3.8, 4) is 17.2 Å². The smallest absolute Gasteiger partial charge is 0.167 e. The summed E-state index contributed by atoms with van der Waals surface area (Å²) in [4.78, 5) is 13.2. The second-order valence-electron chi connectivity index (χ2n) is 9.11. The Morgan fingerprint density at radius 3 is 2.03 bits per heavy atom. The predicted octanol–water partition coefficient (Wildman–Crippen LogP) is 7.70. The Labute approximate surface area is 225 Å². The molecular formula is C31H37ClO5. The zero-order valence-corrected chi connectivity index (χ0v) is 23.0. The van der Waals surface area contributed by atoms with Crippen molar-refractivity contribution < 1.29 is 23.7 Å². The molecule has 6 heteroatoms. The number of unbranched alkanes of at least 4 members (excludes halogenated alkanes) is 1. The van der Waals surface area contributed by atoms with E-state index in [0.29, 0.717) is 42.6 Å². The number of carbonyl (C=O) groups excluding carboxylic acids is 1. The maximum absolute atomic E-state index is 13.2. The highest BCUT2D eigenvalue weighted by molar-refractivity contribution is 6.35. The van der Waals surface area contributed by atoms with E-state index >= 15 is 0 Å². The number of methoxy groups -OCH3 is 2. The molecule has 0 aliphatic heterocycles. The van der Waals surface area contributed by atoms with Gasteiger partial charge in [0.1, 0.15) is 23.9 Å². The Morgan fingerprint density at radius 2 is 1.46 bits per heavy atom. The predicted molar refractivity (Wildman–Crippen MR) is 148 cm³/mol. The van der Waals surface area contributed by atoms with Crippen LogP contribution in [-0.4, -0.2) is 26.6 Å². The van der Waals surface area contributed by atoms with Crippen LogP contribution in [0.2, 0.25) is 5.02 Å². The van der Waals surface area contributed by atoms with Crippen molar-refractivity contribution in [2.24, 2.45) is 5.92 Å². The van der Waals surface area contributed by atoms with Crippen molar-refractivity contribution in [3.05, 3.63) is 87.9 Å². The zero-order valence-electron chi connectivity index (χ0n) is 22.2. The van der Waals surface area contributed by atoms with Crippen LogP contribution in [0, 0.1) is 5.92 Å². The van der Waals surface area contributed by atoms with E-state index in [0.717, 1.165) is 47.5 Å². The van der Waals surface area contributed by atoms with E-state index in [1.807, 2.05) is 67.6 Å². The lowest BCUT2D eigenvalue weighted by Crippen LogP contribution is -2.13. The number of benzene rings is 3. The van der Waals surface area contributed by atoms with E-state index in [1.165, 1.54) is 0 Å². The van der Waals surface area contributed by atoms with E-state index < -0.39 is 0 Å². The Kier molecular flexibility index (Phi) is 11.3. The zero-order chi connectivity index (χ0) is 26.6. The number of halogens is 1. The summed E-state index contributed by atoms with van der Waals surface area (Å²) in [7, 11) is 3.29. The summed E-state index contributed by atoms with van der Waals surface area (Å²) in [5, 5.41) is 0.370. The molecular weight excluding hydrogens is 488 g/mol. The maximum atomic E-state index is 13.2. The molecule has 1 unspecified atom stereocenters. The van der Waals surface area contributed by atoms with Gasteiger partial charge in [0.05, 0.1) is 32.5 Å². The van der Waals surface area contributed by atoms with Crippen molar-refractivity contribution in [1.82, 2.24) is 0 Å². The molecule has 0 fully saturated rings. The van der Waals surface area contributed by atoms with E-state index in [-0.39, 0.29) is 11.7 Å². The third-order valence-electron chi connectivity index (χ3n) is 6.37. The molecule has 3 aromatic carbocycles. The van der Waals surface area contributed by atoms with Gasteiger partial charge in [-0.1, -0.05) is 68.6 Å². The first-order chi connectivity index (χ1) is 18.0. The van der Waals surface area contributed by atoms with Gasteiger partial charge in [0, 0.05) is 11.5 Å². The third-order valence-corrected chi connectivity index (χ3v) is 6.74. The fraction of sp³-hybridized carbons (Fsp3) is 0.387. The van der Waals surface area contributed by atoms with Crippen LogP contribution in [0.5, 0.6) is 17.2 Å². The summed E-state index contributed by atoms with van der Waals surface area (Å²) in [6.07, 6.45) is 3.51. The van der Waals surface area contributed by atoms with Crippen molar-refractivity contribution in [2.45, 2.75) is 52.7 Å². The molecule has 0 bridgehead atoms. The summed E-state index contributed by atoms with van der Waals surface area (Å²) < 4.78 is 22.6. The van der Waals surface area contributed by atoms with Crippen molar-refractivity contribution in [3.63, 3.8) is 0 Å². The Balaban J connectivity index is 1.74. The van der Waals surface area contributed by atoms with E-state index in [1.54, 1.807) is 14.2 Å². The van der Waals surface area contributed by atoms with Gasteiger partial charge in [-0.05, 0) is 59.9 Å². The highest BCUT2D eigenvalue weighted by atomic mass is 35.5. The summed E-state index contributed by atoms with van der Waals surface area (Å²) in [5.74, 6) is 2.10. The molecule has 1 atom stereocenters. The molecule has 0 saturated heterocycles. The van der Waals surface area contributed by atoms with Gasteiger partial charge in [-0.15, -0.1) is 0 Å². The molecule has 0 radical (unpaired) electrons. The quantitative estimate of drug-likeness (QED) is 0.150. The number of rotatable bonds is 15. The minimum atomic E-state index is -0.0921. The lowest BCUT2D eigenvalue weighted by Gasteiger charge is -2.18. The van der Waals surface area contributed by atoms with Gasteiger partial charge in [0.15, 0.2) is 5.78 Å². The first-order valence-electron chi connectivity index (χ1n) is 12.8. The number of ether oxygens (including phenoxy) is 4. The standard InChI is InChI=1S/C31H37ClO5/c1-5-6-7-22(2)30(33)28-17-12-25(18-19-36-20-23-8-13-26(34-3)14-9-23)31(29(28)32)37-21-24-10-15-27(35-4)16-11-24/h8-17,22H,5-7,18-21H2,1-4H3. The molecule has 5 nitrogen and oxygen atoms in total. The van der Waals surface area contributed by atoms with Crippen LogP contribution in [0.4, 0.5) is 0 Å². The monoisotopic (exact) mass is 524 g/mol. The maximum Gasteiger partial charge on any atom is 0.167 e. The topological polar surface area (TPSA) is 54.0 Å². The minimum absolute atomic E-state index is 0.0510. The SMILES string of the molecule is CCCCC(C)C(=O)c1ccc(CCOCc2ccc(OC)cc2)c(OCc2ccc(OC)cc2)c1Cl. The molecule has 37 heavy (non-hydrogen) atoms. The lowest BCUT2D eigenvalue weighted by atomic mass is 9.93. The van der Waals surface area contributed by atoms with Crippen LogP contribution in [0.3, 0.4) is 0 Å². The highest BCUT2D eigenvalue weighted by Crippen LogP contribution is 2.35. The van der Waals surface area contributed by atoms with Gasteiger partial charge >= 0.3 is 0 Å². The second-order valence-corrected chi connectivity index (χ2v) is 9.49. The largest absolute Gasteiger partial charge is 0.497 e. The number of ketones is 1. The molecule has 0 heterocycles. The van der Waals surface area contributed by atoms with Crippen LogP contribution in [-0.2, 0) is 24.4 Å². The molecule has 3 aromatic rings. The van der Waals surface area contributed by atoms with E-state index in [4.69, 9.17) is 30.5 Å². The average molecular weight is 525 g/mol. The van der Waals surface area contributed by atoms with Crippen LogP contribution >= 0.6 is 11.6 Å². The van der Waals surface area contributed by atoms with Gasteiger partial charge < -0.3 is 18.9 Å². The molecule has 0 amide bonds. The first-order valence-corrected chi connectivity index (χ1v) is 13.2. The van der Waals surface area contributed by atoms with Crippen LogP contribution < -0.4 is 14.2 Å². The van der Waals surface area contributed by atoms with Crippen LogP contribution in [0.15, 0.2) is 60.7 Å². The number of hydrogen-bond acceptors (Lipinski definition) is 5. The Hall–Kier alpha value is -3.02. The average Bonchev–Trinajstić information content (AvgIpc) is 2.93. The number of carbonyl (C=O) groups is 1. The number of hydrogen-bond donors (Lipinski definition) is 0. The van der Waals surface area contributed by atoms with Crippen LogP contribution in [0.25, 0.3) is 0 Å². The minimum Gasteiger partial charge on any atom is -0.497 e. The molecule has 0 aromatic heterocycles. The van der Waals surface area contributed by atoms with Gasteiger partial charge in [-0.25, -0.2) is 0 Å². The molecule has 0 aliphatic rings. The lowest BCUT2D eigenvalue weighted by molar-refractivity contribution is 0.0922. The second kappa shape index (κ2) is 14.7. The molecule has 3 rings (SSSR count). The third kappa shape index (κ3) is 8.24.